The molecule has 1 aliphatic carbocycles. The fourth-order valence-electron chi connectivity index (χ4n) is 2.46. The quantitative estimate of drug-likeness (QED) is 0.778. The van der Waals surface area contributed by atoms with Crippen LogP contribution in [0.1, 0.15) is 31.2 Å². The molecule has 0 amide bonds. The third kappa shape index (κ3) is 3.34. The number of nitroso groups, excluding NO2 is 1. The molecule has 4 nitrogen and oxygen atoms in total. The molecule has 1 saturated carbocycles. The van der Waals surface area contributed by atoms with Gasteiger partial charge in [0.15, 0.2) is 11.3 Å². The lowest BCUT2D eigenvalue weighted by atomic mass is 9.76. The highest BCUT2D eigenvalue weighted by Crippen LogP contribution is 2.41. The van der Waals surface area contributed by atoms with Gasteiger partial charge >= 0.3 is 6.36 Å². The number of alkyl halides is 3. The fourth-order valence-corrected chi connectivity index (χ4v) is 2.69. The van der Waals surface area contributed by atoms with Gasteiger partial charge in [0.1, 0.15) is 5.75 Å². The molecular weight excluding hydrogens is 311 g/mol. The van der Waals surface area contributed by atoms with Gasteiger partial charge in [0, 0.05) is 11.4 Å². The minimum absolute atomic E-state index is 0.0361. The number of Topliss-reactive ketones (excluding diaryl/α,β-unsaturated/α-hetero) is 1. The molecular formula is C13H11ClF3NO3. The lowest BCUT2D eigenvalue weighted by Crippen LogP contribution is -2.36. The van der Waals surface area contributed by atoms with Gasteiger partial charge < -0.3 is 4.74 Å². The Morgan fingerprint density at radius 3 is 2.52 bits per heavy atom. The first-order valence-electron chi connectivity index (χ1n) is 6.21. The van der Waals surface area contributed by atoms with Crippen LogP contribution < -0.4 is 4.74 Å². The number of ketones is 1. The molecule has 2 rings (SSSR count). The predicted octanol–water partition coefficient (Wildman–Crippen LogP) is 4.34. The third-order valence-corrected chi connectivity index (χ3v) is 3.61. The molecule has 0 bridgehead atoms. The highest BCUT2D eigenvalue weighted by atomic mass is 35.5. The molecule has 1 aromatic rings. The fraction of sp³-hybridized carbons (Fsp3) is 0.462. The van der Waals surface area contributed by atoms with E-state index in [0.29, 0.717) is 12.8 Å². The number of hydrogen-bond acceptors (Lipinski definition) is 4. The highest BCUT2D eigenvalue weighted by Gasteiger charge is 2.44. The molecule has 1 fully saturated rings. The molecule has 21 heavy (non-hydrogen) atoms. The first-order valence-corrected chi connectivity index (χ1v) is 6.59. The topological polar surface area (TPSA) is 55.7 Å². The van der Waals surface area contributed by atoms with Crippen LogP contribution >= 0.6 is 11.6 Å². The summed E-state index contributed by atoms with van der Waals surface area (Å²) in [7, 11) is 0. The van der Waals surface area contributed by atoms with Crippen LogP contribution in [0.2, 0.25) is 5.02 Å². The molecule has 0 N–H and O–H groups in total. The van der Waals surface area contributed by atoms with Crippen molar-refractivity contribution in [2.45, 2.75) is 37.6 Å². The Balaban J connectivity index is 2.47. The van der Waals surface area contributed by atoms with Crippen LogP contribution in [-0.2, 0) is 10.3 Å². The van der Waals surface area contributed by atoms with Crippen LogP contribution in [0.3, 0.4) is 0 Å². The summed E-state index contributed by atoms with van der Waals surface area (Å²) in [5.41, 5.74) is -1.64. The summed E-state index contributed by atoms with van der Waals surface area (Å²) in [6.45, 7) is 0. The Morgan fingerprint density at radius 2 is 1.95 bits per heavy atom. The van der Waals surface area contributed by atoms with Crippen molar-refractivity contribution in [2.75, 3.05) is 0 Å². The predicted molar refractivity (Wildman–Crippen MR) is 69.1 cm³/mol. The van der Waals surface area contributed by atoms with Gasteiger partial charge in [-0.3, -0.25) is 4.79 Å². The van der Waals surface area contributed by atoms with Gasteiger partial charge in [-0.05, 0) is 43.0 Å². The van der Waals surface area contributed by atoms with Crippen molar-refractivity contribution >= 4 is 17.4 Å². The van der Waals surface area contributed by atoms with Gasteiger partial charge in [0.2, 0.25) is 0 Å². The molecule has 1 aromatic carbocycles. The van der Waals surface area contributed by atoms with Crippen LogP contribution in [0, 0.1) is 4.91 Å². The third-order valence-electron chi connectivity index (χ3n) is 3.39. The molecule has 0 aromatic heterocycles. The van der Waals surface area contributed by atoms with Crippen LogP contribution in [0.5, 0.6) is 5.75 Å². The smallest absolute Gasteiger partial charge is 0.406 e. The summed E-state index contributed by atoms with van der Waals surface area (Å²) in [6.07, 6.45) is -3.36. The molecule has 0 heterocycles. The van der Waals surface area contributed by atoms with Gasteiger partial charge in [-0.25, -0.2) is 0 Å². The van der Waals surface area contributed by atoms with E-state index in [1.54, 1.807) is 0 Å². The summed E-state index contributed by atoms with van der Waals surface area (Å²) in [4.78, 5) is 23.3. The summed E-state index contributed by atoms with van der Waals surface area (Å²) in [6, 6.07) is 3.23. The second kappa shape index (κ2) is 5.63. The number of ether oxygens (including phenoxy) is 1. The Hall–Kier alpha value is -1.63. The first-order chi connectivity index (χ1) is 9.77. The monoisotopic (exact) mass is 321 g/mol. The number of rotatable bonds is 3. The van der Waals surface area contributed by atoms with Crippen molar-refractivity contribution in [2.24, 2.45) is 5.18 Å². The maximum atomic E-state index is 12.3. The zero-order valence-electron chi connectivity index (χ0n) is 10.7. The molecule has 0 aliphatic heterocycles. The van der Waals surface area contributed by atoms with E-state index in [2.05, 4.69) is 9.91 Å². The number of benzene rings is 1. The van der Waals surface area contributed by atoms with E-state index in [0.717, 1.165) is 12.1 Å². The number of carbonyl (C=O) groups is 1. The van der Waals surface area contributed by atoms with Crippen molar-refractivity contribution in [3.8, 4) is 5.75 Å². The number of halogens is 4. The van der Waals surface area contributed by atoms with E-state index in [4.69, 9.17) is 11.6 Å². The zero-order chi connectivity index (χ0) is 15.7. The lowest BCUT2D eigenvalue weighted by Gasteiger charge is -2.29. The number of carbonyl (C=O) groups excluding carboxylic acids is 1. The van der Waals surface area contributed by atoms with E-state index in [-0.39, 0.29) is 23.4 Å². The van der Waals surface area contributed by atoms with Crippen molar-refractivity contribution in [3.63, 3.8) is 0 Å². The summed E-state index contributed by atoms with van der Waals surface area (Å²) < 4.78 is 40.7. The van der Waals surface area contributed by atoms with Gasteiger partial charge in [-0.15, -0.1) is 18.1 Å². The van der Waals surface area contributed by atoms with Crippen molar-refractivity contribution in [1.82, 2.24) is 0 Å². The summed E-state index contributed by atoms with van der Waals surface area (Å²) in [5, 5.41) is 2.85. The normalized spacial score (nSPS) is 23.0. The maximum absolute atomic E-state index is 12.3. The van der Waals surface area contributed by atoms with Crippen molar-refractivity contribution in [1.29, 1.82) is 0 Å². The standard InChI is InChI=1S/C13H11ClF3NO3/c14-9-5-8(6-10(7-9)21-13(15,16)17)12(18-20)4-2-1-3-11(12)19/h5-7H,1-4H2. The Bertz CT molecular complexity index is 576. The minimum Gasteiger partial charge on any atom is -0.406 e. The van der Waals surface area contributed by atoms with Gasteiger partial charge in [0.25, 0.3) is 0 Å². The van der Waals surface area contributed by atoms with E-state index in [1.165, 1.54) is 6.07 Å². The molecule has 0 saturated heterocycles. The van der Waals surface area contributed by atoms with E-state index < -0.39 is 23.4 Å². The summed E-state index contributed by atoms with van der Waals surface area (Å²) >= 11 is 5.76. The molecule has 0 spiro atoms. The maximum Gasteiger partial charge on any atom is 0.573 e. The van der Waals surface area contributed by atoms with Crippen LogP contribution in [0.25, 0.3) is 0 Å². The van der Waals surface area contributed by atoms with Crippen molar-refractivity contribution < 1.29 is 22.7 Å². The van der Waals surface area contributed by atoms with Crippen LogP contribution in [-0.4, -0.2) is 12.1 Å². The van der Waals surface area contributed by atoms with E-state index >= 15 is 0 Å². The van der Waals surface area contributed by atoms with Crippen LogP contribution in [0.15, 0.2) is 23.4 Å². The van der Waals surface area contributed by atoms with E-state index in [9.17, 15) is 22.9 Å². The number of nitrogens with zero attached hydrogens (tertiary/aromatic N) is 1. The second-order valence-electron chi connectivity index (χ2n) is 4.81. The van der Waals surface area contributed by atoms with Gasteiger partial charge in [-0.1, -0.05) is 16.8 Å². The average molecular weight is 322 g/mol. The Morgan fingerprint density at radius 1 is 1.24 bits per heavy atom. The molecule has 8 heteroatoms. The van der Waals surface area contributed by atoms with E-state index in [1.807, 2.05) is 0 Å². The Kier molecular flexibility index (Phi) is 4.22. The lowest BCUT2D eigenvalue weighted by molar-refractivity contribution is -0.274. The van der Waals surface area contributed by atoms with Crippen LogP contribution in [0.4, 0.5) is 13.2 Å². The first kappa shape index (κ1) is 15.8. The van der Waals surface area contributed by atoms with Gasteiger partial charge in [-0.2, -0.15) is 0 Å². The second-order valence-corrected chi connectivity index (χ2v) is 5.24. The summed E-state index contributed by atoms with van der Waals surface area (Å²) in [5.74, 6) is -0.990. The molecule has 0 radical (unpaired) electrons. The van der Waals surface area contributed by atoms with Gasteiger partial charge in [0.05, 0.1) is 0 Å². The average Bonchev–Trinajstić information content (AvgIpc) is 2.36. The molecule has 114 valence electrons. The minimum atomic E-state index is -4.89. The highest BCUT2D eigenvalue weighted by molar-refractivity contribution is 6.30. The van der Waals surface area contributed by atoms with Crippen molar-refractivity contribution in [3.05, 3.63) is 33.7 Å². The SMILES string of the molecule is O=NC1(c2cc(Cl)cc(OC(F)(F)F)c2)CCCCC1=O. The molecule has 1 atom stereocenters. The largest absolute Gasteiger partial charge is 0.573 e. The number of hydrogen-bond donors (Lipinski definition) is 0. The zero-order valence-corrected chi connectivity index (χ0v) is 11.5. The molecule has 1 aliphatic rings. The molecule has 1 unspecified atom stereocenters. The Labute approximate surface area is 123 Å².